The monoisotopic (exact) mass is 433 g/mol. The van der Waals surface area contributed by atoms with Gasteiger partial charge >= 0.3 is 0 Å². The van der Waals surface area contributed by atoms with E-state index in [0.29, 0.717) is 34.5 Å². The molecule has 5 rings (SSSR count). The van der Waals surface area contributed by atoms with Crippen LogP contribution in [0.15, 0.2) is 67.3 Å². The fraction of sp³-hybridized carbons (Fsp3) is 0.130. The predicted molar refractivity (Wildman–Crippen MR) is 114 cm³/mol. The summed E-state index contributed by atoms with van der Waals surface area (Å²) in [5, 5.41) is 0. The fourth-order valence-corrected chi connectivity index (χ4v) is 3.15. The van der Waals surface area contributed by atoms with E-state index >= 15 is 0 Å². The van der Waals surface area contributed by atoms with E-state index in [1.165, 1.54) is 14.2 Å². The van der Waals surface area contributed by atoms with Gasteiger partial charge in [-0.25, -0.2) is 4.98 Å². The van der Waals surface area contributed by atoms with Crippen molar-refractivity contribution in [1.82, 2.24) is 14.5 Å². The second-order valence-electron chi connectivity index (χ2n) is 6.69. The van der Waals surface area contributed by atoms with Gasteiger partial charge in [0, 0.05) is 30.2 Å². The van der Waals surface area contributed by atoms with Crippen molar-refractivity contribution in [2.24, 2.45) is 0 Å². The Labute approximate surface area is 183 Å². The minimum atomic E-state index is 0.181. The van der Waals surface area contributed by atoms with Crippen molar-refractivity contribution in [2.45, 2.75) is 0 Å². The van der Waals surface area contributed by atoms with E-state index in [1.807, 2.05) is 35.0 Å². The molecule has 1 aliphatic heterocycles. The fourth-order valence-electron chi connectivity index (χ4n) is 3.15. The highest BCUT2D eigenvalue weighted by atomic mass is 16.7. The van der Waals surface area contributed by atoms with Gasteiger partial charge in [0.25, 0.3) is 11.8 Å². The highest BCUT2D eigenvalue weighted by Crippen LogP contribution is 2.42. The summed E-state index contributed by atoms with van der Waals surface area (Å²) in [6, 6.07) is 14.4. The van der Waals surface area contributed by atoms with Gasteiger partial charge < -0.3 is 33.0 Å². The zero-order valence-corrected chi connectivity index (χ0v) is 17.3. The van der Waals surface area contributed by atoms with Crippen LogP contribution in [0.5, 0.6) is 46.3 Å². The Morgan fingerprint density at radius 2 is 1.50 bits per heavy atom. The SMILES string of the molecule is COc1cc(OC)c(Oc2ccc3c(c2)OCO3)nc1Oc1ccc(-n2ccnc2)cc1. The van der Waals surface area contributed by atoms with Crippen LogP contribution in [0.3, 0.4) is 0 Å². The Morgan fingerprint density at radius 3 is 2.19 bits per heavy atom. The van der Waals surface area contributed by atoms with Gasteiger partial charge in [-0.2, -0.15) is 4.98 Å². The molecule has 0 fully saturated rings. The van der Waals surface area contributed by atoms with Crippen molar-refractivity contribution in [2.75, 3.05) is 21.0 Å². The molecule has 32 heavy (non-hydrogen) atoms. The molecule has 3 heterocycles. The third-order valence-corrected chi connectivity index (χ3v) is 4.74. The first-order valence-corrected chi connectivity index (χ1v) is 9.70. The number of pyridine rings is 1. The van der Waals surface area contributed by atoms with Crippen LogP contribution in [0.1, 0.15) is 0 Å². The van der Waals surface area contributed by atoms with Crippen LogP contribution in [0.25, 0.3) is 5.69 Å². The first-order chi connectivity index (χ1) is 15.7. The van der Waals surface area contributed by atoms with E-state index in [4.69, 9.17) is 28.4 Å². The molecular weight excluding hydrogens is 414 g/mol. The number of benzene rings is 2. The quantitative estimate of drug-likeness (QED) is 0.418. The molecule has 162 valence electrons. The molecule has 0 amide bonds. The summed E-state index contributed by atoms with van der Waals surface area (Å²) in [6.07, 6.45) is 5.31. The Kier molecular flexibility index (Phi) is 5.12. The van der Waals surface area contributed by atoms with Crippen LogP contribution < -0.4 is 28.4 Å². The second-order valence-corrected chi connectivity index (χ2v) is 6.69. The Balaban J connectivity index is 1.43. The van der Waals surface area contributed by atoms with E-state index < -0.39 is 0 Å². The van der Waals surface area contributed by atoms with Gasteiger partial charge in [0.05, 0.1) is 20.5 Å². The summed E-state index contributed by atoms with van der Waals surface area (Å²) in [5.74, 6) is 3.61. The summed E-state index contributed by atoms with van der Waals surface area (Å²) in [4.78, 5) is 8.54. The number of aromatic nitrogens is 3. The van der Waals surface area contributed by atoms with Crippen LogP contribution in [-0.2, 0) is 0 Å². The zero-order valence-electron chi connectivity index (χ0n) is 17.3. The van der Waals surface area contributed by atoms with Gasteiger partial charge in [-0.1, -0.05) is 0 Å². The Morgan fingerprint density at radius 1 is 0.812 bits per heavy atom. The predicted octanol–water partition coefficient (Wildman–Crippen LogP) is 4.60. The van der Waals surface area contributed by atoms with Gasteiger partial charge in [-0.05, 0) is 36.4 Å². The highest BCUT2D eigenvalue weighted by molar-refractivity contribution is 5.52. The molecule has 0 spiro atoms. The number of hydrogen-bond acceptors (Lipinski definition) is 8. The molecule has 1 aliphatic rings. The summed E-state index contributed by atoms with van der Waals surface area (Å²) in [5.41, 5.74) is 0.955. The van der Waals surface area contributed by atoms with Gasteiger partial charge in [0.1, 0.15) is 11.5 Å². The van der Waals surface area contributed by atoms with Crippen molar-refractivity contribution in [1.29, 1.82) is 0 Å². The van der Waals surface area contributed by atoms with Crippen LogP contribution in [0.2, 0.25) is 0 Å². The van der Waals surface area contributed by atoms with E-state index in [9.17, 15) is 0 Å². The highest BCUT2D eigenvalue weighted by Gasteiger charge is 2.19. The lowest BCUT2D eigenvalue weighted by atomic mass is 10.3. The first kappa shape index (κ1) is 19.6. The molecule has 9 heteroatoms. The number of nitrogens with zero attached hydrogens (tertiary/aromatic N) is 3. The molecule has 0 bridgehead atoms. The maximum atomic E-state index is 5.98. The molecule has 0 saturated carbocycles. The number of hydrogen-bond donors (Lipinski definition) is 0. The normalized spacial score (nSPS) is 11.8. The second kappa shape index (κ2) is 8.38. The van der Waals surface area contributed by atoms with Gasteiger partial charge in [-0.15, -0.1) is 0 Å². The van der Waals surface area contributed by atoms with Gasteiger partial charge in [0.2, 0.25) is 6.79 Å². The number of imidazole rings is 1. The minimum Gasteiger partial charge on any atom is -0.491 e. The van der Waals surface area contributed by atoms with Crippen molar-refractivity contribution >= 4 is 0 Å². The van der Waals surface area contributed by atoms with E-state index in [1.54, 1.807) is 36.8 Å². The standard InChI is InChI=1S/C23H19N3O6/c1-27-20-12-21(28-2)23(32-17-7-8-18-19(11-17)30-14-29-18)25-22(20)31-16-5-3-15(4-6-16)26-10-9-24-13-26/h3-13H,14H2,1-2H3. The van der Waals surface area contributed by atoms with Gasteiger partial charge in [-0.3, -0.25) is 0 Å². The van der Waals surface area contributed by atoms with Gasteiger partial charge in [0.15, 0.2) is 23.0 Å². The molecule has 2 aromatic carbocycles. The molecule has 0 atom stereocenters. The molecule has 4 aromatic rings. The molecule has 0 aliphatic carbocycles. The number of rotatable bonds is 7. The lowest BCUT2D eigenvalue weighted by Gasteiger charge is -2.15. The van der Waals surface area contributed by atoms with Crippen molar-refractivity contribution in [3.8, 4) is 51.9 Å². The average molecular weight is 433 g/mol. The lowest BCUT2D eigenvalue weighted by molar-refractivity contribution is 0.174. The number of fused-ring (bicyclic) bond motifs is 1. The molecule has 0 saturated heterocycles. The molecular formula is C23H19N3O6. The lowest BCUT2D eigenvalue weighted by Crippen LogP contribution is -1.99. The summed E-state index contributed by atoms with van der Waals surface area (Å²) in [6.45, 7) is 0.181. The van der Waals surface area contributed by atoms with E-state index in [-0.39, 0.29) is 18.6 Å². The Hall–Kier alpha value is -4.40. The summed E-state index contributed by atoms with van der Waals surface area (Å²) < 4.78 is 35.4. The third kappa shape index (κ3) is 3.83. The smallest absolute Gasteiger partial charge is 0.266 e. The summed E-state index contributed by atoms with van der Waals surface area (Å²) in [7, 11) is 3.06. The molecule has 9 nitrogen and oxygen atoms in total. The molecule has 0 radical (unpaired) electrons. The topological polar surface area (TPSA) is 86.1 Å². The maximum absolute atomic E-state index is 5.98. The van der Waals surface area contributed by atoms with Crippen molar-refractivity contribution in [3.63, 3.8) is 0 Å². The van der Waals surface area contributed by atoms with Crippen LogP contribution in [0, 0.1) is 0 Å². The number of ether oxygens (including phenoxy) is 6. The molecule has 0 N–H and O–H groups in total. The summed E-state index contributed by atoms with van der Waals surface area (Å²) >= 11 is 0. The van der Waals surface area contributed by atoms with Crippen molar-refractivity contribution < 1.29 is 28.4 Å². The first-order valence-electron chi connectivity index (χ1n) is 9.70. The van der Waals surface area contributed by atoms with Crippen LogP contribution >= 0.6 is 0 Å². The van der Waals surface area contributed by atoms with Crippen LogP contribution in [-0.4, -0.2) is 35.5 Å². The largest absolute Gasteiger partial charge is 0.491 e. The third-order valence-electron chi connectivity index (χ3n) is 4.74. The Bertz CT molecular complexity index is 1230. The molecule has 2 aromatic heterocycles. The zero-order chi connectivity index (χ0) is 21.9. The number of methoxy groups -OCH3 is 2. The van der Waals surface area contributed by atoms with E-state index in [2.05, 4.69) is 9.97 Å². The average Bonchev–Trinajstić information content (AvgIpc) is 3.52. The maximum Gasteiger partial charge on any atom is 0.266 e. The van der Waals surface area contributed by atoms with Crippen molar-refractivity contribution in [3.05, 3.63) is 67.3 Å². The van der Waals surface area contributed by atoms with E-state index in [0.717, 1.165) is 5.69 Å². The minimum absolute atomic E-state index is 0.181. The van der Waals surface area contributed by atoms with Crippen LogP contribution in [0.4, 0.5) is 0 Å². The molecule has 0 unspecified atom stereocenters.